The van der Waals surface area contributed by atoms with Gasteiger partial charge in [-0.2, -0.15) is 0 Å². The van der Waals surface area contributed by atoms with Crippen LogP contribution in [0.25, 0.3) is 0 Å². The van der Waals surface area contributed by atoms with Gasteiger partial charge in [-0.1, -0.05) is 0 Å². The van der Waals surface area contributed by atoms with Gasteiger partial charge >= 0.3 is 5.97 Å². The lowest BCUT2D eigenvalue weighted by Crippen LogP contribution is -2.59. The monoisotopic (exact) mass is 248 g/mol. The van der Waals surface area contributed by atoms with Gasteiger partial charge < -0.3 is 23.7 Å². The quantitative estimate of drug-likeness (QED) is 0.668. The molecule has 0 aromatic rings. The van der Waals surface area contributed by atoms with Gasteiger partial charge in [0.1, 0.15) is 12.2 Å². The molecular formula is C11H20O6. The SMILES string of the molecule is CO[C@H]1O[C@@H](C)[C@@H](OC)[C@@H](OC)[C@@H]1OC(C)=O. The number of rotatable bonds is 4. The average molecular weight is 248 g/mol. The van der Waals surface area contributed by atoms with E-state index in [1.54, 1.807) is 7.11 Å². The molecule has 1 saturated heterocycles. The van der Waals surface area contributed by atoms with Gasteiger partial charge in [-0.3, -0.25) is 4.79 Å². The topological polar surface area (TPSA) is 63.2 Å². The molecule has 1 aliphatic heterocycles. The third-order valence-corrected chi connectivity index (χ3v) is 2.81. The third kappa shape index (κ3) is 3.16. The molecule has 1 heterocycles. The van der Waals surface area contributed by atoms with E-state index in [1.165, 1.54) is 21.1 Å². The lowest BCUT2D eigenvalue weighted by atomic mass is 9.99. The van der Waals surface area contributed by atoms with Crippen molar-refractivity contribution >= 4 is 5.97 Å². The van der Waals surface area contributed by atoms with Crippen LogP contribution in [0, 0.1) is 0 Å². The smallest absolute Gasteiger partial charge is 0.303 e. The number of esters is 1. The summed E-state index contributed by atoms with van der Waals surface area (Å²) in [4.78, 5) is 11.1. The van der Waals surface area contributed by atoms with Crippen molar-refractivity contribution in [3.8, 4) is 0 Å². The number of carbonyl (C=O) groups excluding carboxylic acids is 1. The van der Waals surface area contributed by atoms with Crippen LogP contribution in [0.4, 0.5) is 0 Å². The number of methoxy groups -OCH3 is 3. The van der Waals surface area contributed by atoms with Gasteiger partial charge in [0, 0.05) is 28.3 Å². The van der Waals surface area contributed by atoms with Crippen molar-refractivity contribution in [3.05, 3.63) is 0 Å². The minimum absolute atomic E-state index is 0.207. The number of ether oxygens (including phenoxy) is 5. The molecule has 0 aromatic carbocycles. The van der Waals surface area contributed by atoms with Crippen molar-refractivity contribution in [1.29, 1.82) is 0 Å². The fourth-order valence-electron chi connectivity index (χ4n) is 2.07. The van der Waals surface area contributed by atoms with Crippen LogP contribution in [-0.4, -0.2) is 58.0 Å². The van der Waals surface area contributed by atoms with E-state index in [-0.39, 0.29) is 12.2 Å². The van der Waals surface area contributed by atoms with Gasteiger partial charge in [0.05, 0.1) is 6.10 Å². The van der Waals surface area contributed by atoms with E-state index in [9.17, 15) is 4.79 Å². The number of hydrogen-bond acceptors (Lipinski definition) is 6. The van der Waals surface area contributed by atoms with E-state index >= 15 is 0 Å². The first-order chi connectivity index (χ1) is 8.04. The Morgan fingerprint density at radius 1 is 1.00 bits per heavy atom. The summed E-state index contributed by atoms with van der Waals surface area (Å²) in [6.45, 7) is 3.19. The van der Waals surface area contributed by atoms with E-state index in [4.69, 9.17) is 23.7 Å². The van der Waals surface area contributed by atoms with E-state index < -0.39 is 24.5 Å². The first kappa shape index (κ1) is 14.4. The normalized spacial score (nSPS) is 37.8. The van der Waals surface area contributed by atoms with E-state index in [1.807, 2.05) is 6.92 Å². The van der Waals surface area contributed by atoms with Gasteiger partial charge in [0.2, 0.25) is 0 Å². The third-order valence-electron chi connectivity index (χ3n) is 2.81. The second-order valence-corrected chi connectivity index (χ2v) is 3.92. The van der Waals surface area contributed by atoms with Crippen molar-refractivity contribution in [2.75, 3.05) is 21.3 Å². The Kier molecular flexibility index (Phi) is 5.32. The second kappa shape index (κ2) is 6.30. The maximum Gasteiger partial charge on any atom is 0.303 e. The highest BCUT2D eigenvalue weighted by molar-refractivity contribution is 5.66. The molecule has 1 fully saturated rings. The molecule has 17 heavy (non-hydrogen) atoms. The zero-order valence-corrected chi connectivity index (χ0v) is 10.8. The largest absolute Gasteiger partial charge is 0.454 e. The Morgan fingerprint density at radius 3 is 2.00 bits per heavy atom. The summed E-state index contributed by atoms with van der Waals surface area (Å²) >= 11 is 0. The van der Waals surface area contributed by atoms with Crippen LogP contribution in [0.1, 0.15) is 13.8 Å². The summed E-state index contributed by atoms with van der Waals surface area (Å²) in [6, 6.07) is 0. The maximum atomic E-state index is 11.1. The summed E-state index contributed by atoms with van der Waals surface area (Å²) in [5.74, 6) is -0.410. The van der Waals surface area contributed by atoms with Gasteiger partial charge in [0.25, 0.3) is 0 Å². The first-order valence-electron chi connectivity index (χ1n) is 5.46. The highest BCUT2D eigenvalue weighted by Crippen LogP contribution is 2.27. The summed E-state index contributed by atoms with van der Waals surface area (Å²) in [5.41, 5.74) is 0. The van der Waals surface area contributed by atoms with Crippen molar-refractivity contribution in [2.45, 2.75) is 44.6 Å². The van der Waals surface area contributed by atoms with E-state index in [0.717, 1.165) is 0 Å². The van der Waals surface area contributed by atoms with Gasteiger partial charge in [-0.15, -0.1) is 0 Å². The zero-order valence-electron chi connectivity index (χ0n) is 10.8. The van der Waals surface area contributed by atoms with Crippen LogP contribution in [0.15, 0.2) is 0 Å². The number of hydrogen-bond donors (Lipinski definition) is 0. The average Bonchev–Trinajstić information content (AvgIpc) is 2.29. The van der Waals surface area contributed by atoms with Gasteiger partial charge in [-0.25, -0.2) is 0 Å². The van der Waals surface area contributed by atoms with Crippen LogP contribution in [0.5, 0.6) is 0 Å². The van der Waals surface area contributed by atoms with Crippen molar-refractivity contribution in [1.82, 2.24) is 0 Å². The lowest BCUT2D eigenvalue weighted by molar-refractivity contribution is -0.297. The summed E-state index contributed by atoms with van der Waals surface area (Å²) in [7, 11) is 4.60. The summed E-state index contributed by atoms with van der Waals surface area (Å²) in [6.07, 6.45) is -2.22. The molecule has 6 heteroatoms. The minimum Gasteiger partial charge on any atom is -0.454 e. The maximum absolute atomic E-state index is 11.1. The van der Waals surface area contributed by atoms with Crippen molar-refractivity contribution in [3.63, 3.8) is 0 Å². The molecule has 0 aromatic heterocycles. The Bertz CT molecular complexity index is 256. The molecule has 0 spiro atoms. The van der Waals surface area contributed by atoms with Crippen LogP contribution in [0.3, 0.4) is 0 Å². The number of carbonyl (C=O) groups is 1. The van der Waals surface area contributed by atoms with E-state index in [2.05, 4.69) is 0 Å². The predicted molar refractivity (Wildman–Crippen MR) is 58.5 cm³/mol. The lowest BCUT2D eigenvalue weighted by Gasteiger charge is -2.43. The van der Waals surface area contributed by atoms with Crippen molar-refractivity contribution in [2.24, 2.45) is 0 Å². The summed E-state index contributed by atoms with van der Waals surface area (Å²) < 4.78 is 26.6. The highest BCUT2D eigenvalue weighted by Gasteiger charge is 2.47. The highest BCUT2D eigenvalue weighted by atomic mass is 16.7. The molecule has 5 atom stereocenters. The molecule has 0 bridgehead atoms. The van der Waals surface area contributed by atoms with Crippen LogP contribution in [0.2, 0.25) is 0 Å². The second-order valence-electron chi connectivity index (χ2n) is 3.92. The molecule has 0 amide bonds. The molecule has 1 rings (SSSR count). The fraction of sp³-hybridized carbons (Fsp3) is 0.909. The van der Waals surface area contributed by atoms with Crippen LogP contribution in [-0.2, 0) is 28.5 Å². The van der Waals surface area contributed by atoms with Crippen LogP contribution < -0.4 is 0 Å². The molecule has 0 aliphatic carbocycles. The van der Waals surface area contributed by atoms with Crippen LogP contribution >= 0.6 is 0 Å². The molecular weight excluding hydrogens is 228 g/mol. The van der Waals surface area contributed by atoms with Gasteiger partial charge in [-0.05, 0) is 6.92 Å². The Labute approximate surface area is 101 Å². The van der Waals surface area contributed by atoms with Crippen molar-refractivity contribution < 1.29 is 28.5 Å². The molecule has 0 radical (unpaired) electrons. The fourth-order valence-corrected chi connectivity index (χ4v) is 2.07. The Morgan fingerprint density at radius 2 is 1.59 bits per heavy atom. The molecule has 0 N–H and O–H groups in total. The standard InChI is InChI=1S/C11H20O6/c1-6-8(13-3)9(14-4)10(17-7(2)12)11(15-5)16-6/h6,8-11H,1-5H3/t6-,8+,9+,10-,11-/m0/s1. The molecule has 6 nitrogen and oxygen atoms in total. The first-order valence-corrected chi connectivity index (χ1v) is 5.46. The van der Waals surface area contributed by atoms with E-state index in [0.29, 0.717) is 0 Å². The Hall–Kier alpha value is -0.690. The predicted octanol–water partition coefficient (Wildman–Crippen LogP) is 0.339. The molecule has 1 aliphatic rings. The summed E-state index contributed by atoms with van der Waals surface area (Å²) in [5, 5.41) is 0. The Balaban J connectivity index is 2.88. The molecule has 0 unspecified atom stereocenters. The minimum atomic E-state index is -0.648. The molecule has 100 valence electrons. The zero-order chi connectivity index (χ0) is 13.0. The van der Waals surface area contributed by atoms with Gasteiger partial charge in [0.15, 0.2) is 12.4 Å². The molecule has 0 saturated carbocycles.